The molecule has 0 amide bonds. The summed E-state index contributed by atoms with van der Waals surface area (Å²) in [7, 11) is 0. The number of hydrogen-bond acceptors (Lipinski definition) is 5. The van der Waals surface area contributed by atoms with Gasteiger partial charge in [0.05, 0.1) is 17.7 Å². The van der Waals surface area contributed by atoms with E-state index in [4.69, 9.17) is 4.74 Å². The van der Waals surface area contributed by atoms with E-state index in [1.54, 1.807) is 36.0 Å². The molecular formula is C22H21N3O4. The third-order valence-corrected chi connectivity index (χ3v) is 4.33. The van der Waals surface area contributed by atoms with E-state index < -0.39 is 10.9 Å². The molecule has 0 bridgehead atoms. The molecule has 1 aromatic heterocycles. The molecule has 148 valence electrons. The summed E-state index contributed by atoms with van der Waals surface area (Å²) >= 11 is 0. The summed E-state index contributed by atoms with van der Waals surface area (Å²) in [6, 6.07) is 16.0. The summed E-state index contributed by atoms with van der Waals surface area (Å²) in [6.07, 6.45) is 5.85. The number of nitro benzene ring substituents is 1. The lowest BCUT2D eigenvalue weighted by molar-refractivity contribution is -0.384. The summed E-state index contributed by atoms with van der Waals surface area (Å²) in [5.41, 5.74) is 3.26. The maximum atomic E-state index is 12.3. The molecule has 0 atom stereocenters. The zero-order valence-electron chi connectivity index (χ0n) is 16.0. The smallest absolute Gasteiger partial charge is 0.334 e. The summed E-state index contributed by atoms with van der Waals surface area (Å²) in [4.78, 5) is 22.7. The van der Waals surface area contributed by atoms with Crippen molar-refractivity contribution in [2.75, 3.05) is 6.61 Å². The Hall–Kier alpha value is -3.74. The van der Waals surface area contributed by atoms with E-state index >= 15 is 0 Å². The first kappa shape index (κ1) is 20.0. The van der Waals surface area contributed by atoms with Crippen molar-refractivity contribution in [2.24, 2.45) is 0 Å². The lowest BCUT2D eigenvalue weighted by Crippen LogP contribution is -2.10. The van der Waals surface area contributed by atoms with Crippen LogP contribution in [-0.4, -0.2) is 27.3 Å². The Bertz CT molecular complexity index is 1010. The highest BCUT2D eigenvalue weighted by Gasteiger charge is 2.12. The Morgan fingerprint density at radius 3 is 2.52 bits per heavy atom. The quantitative estimate of drug-likeness (QED) is 0.244. The van der Waals surface area contributed by atoms with Crippen LogP contribution >= 0.6 is 0 Å². The van der Waals surface area contributed by atoms with Gasteiger partial charge < -0.3 is 4.74 Å². The number of ether oxygens (including phenoxy) is 1. The molecular weight excluding hydrogens is 370 g/mol. The molecule has 0 unspecified atom stereocenters. The van der Waals surface area contributed by atoms with Crippen LogP contribution in [0.3, 0.4) is 0 Å². The van der Waals surface area contributed by atoms with Crippen molar-refractivity contribution in [1.29, 1.82) is 0 Å². The fraction of sp³-hybridized carbons (Fsp3) is 0.182. The zero-order chi connectivity index (χ0) is 20.6. The number of carbonyl (C=O) groups excluding carboxylic acids is 1. The van der Waals surface area contributed by atoms with E-state index in [2.05, 4.69) is 5.10 Å². The summed E-state index contributed by atoms with van der Waals surface area (Å²) in [6.45, 7) is 2.53. The van der Waals surface area contributed by atoms with E-state index in [1.807, 2.05) is 36.5 Å². The van der Waals surface area contributed by atoms with E-state index in [-0.39, 0.29) is 12.3 Å². The molecule has 1 heterocycles. The Morgan fingerprint density at radius 2 is 1.86 bits per heavy atom. The molecule has 0 spiro atoms. The van der Waals surface area contributed by atoms with Gasteiger partial charge in [-0.3, -0.25) is 14.8 Å². The van der Waals surface area contributed by atoms with Gasteiger partial charge in [-0.1, -0.05) is 30.3 Å². The molecule has 2 aromatic carbocycles. The van der Waals surface area contributed by atoms with Gasteiger partial charge in [0.15, 0.2) is 0 Å². The number of esters is 1. The van der Waals surface area contributed by atoms with Gasteiger partial charge in [0.25, 0.3) is 5.69 Å². The van der Waals surface area contributed by atoms with E-state index in [9.17, 15) is 14.9 Å². The number of rotatable bonds is 8. The summed E-state index contributed by atoms with van der Waals surface area (Å²) < 4.78 is 6.94. The zero-order valence-corrected chi connectivity index (χ0v) is 16.0. The maximum Gasteiger partial charge on any atom is 0.334 e. The molecule has 3 aromatic rings. The third kappa shape index (κ3) is 5.38. The second-order valence-corrected chi connectivity index (χ2v) is 6.35. The molecule has 0 saturated heterocycles. The topological polar surface area (TPSA) is 87.3 Å². The van der Waals surface area contributed by atoms with Gasteiger partial charge >= 0.3 is 5.97 Å². The van der Waals surface area contributed by atoms with E-state index in [0.29, 0.717) is 24.1 Å². The van der Waals surface area contributed by atoms with Gasteiger partial charge in [0.2, 0.25) is 0 Å². The molecule has 0 aliphatic rings. The Morgan fingerprint density at radius 1 is 1.14 bits per heavy atom. The van der Waals surface area contributed by atoms with Gasteiger partial charge in [0, 0.05) is 36.0 Å². The highest BCUT2D eigenvalue weighted by atomic mass is 16.6. The average molecular weight is 391 g/mol. The SMILES string of the molecule is CCOC(=O)/C(=C/c1ccc([N+](=O)[O-])cc1)CCn1cc(-c2ccccc2)cn1. The first-order valence-corrected chi connectivity index (χ1v) is 9.27. The highest BCUT2D eigenvalue weighted by molar-refractivity contribution is 5.93. The number of nitrogens with zero attached hydrogens (tertiary/aromatic N) is 3. The molecule has 0 saturated carbocycles. The van der Waals surface area contributed by atoms with Gasteiger partial charge in [-0.15, -0.1) is 0 Å². The minimum absolute atomic E-state index is 0.00446. The predicted molar refractivity (Wildman–Crippen MR) is 110 cm³/mol. The monoisotopic (exact) mass is 391 g/mol. The number of nitro groups is 1. The molecule has 3 rings (SSSR count). The largest absolute Gasteiger partial charge is 0.463 e. The Labute approximate surface area is 168 Å². The first-order valence-electron chi connectivity index (χ1n) is 9.27. The Kier molecular flexibility index (Phi) is 6.52. The van der Waals surface area contributed by atoms with Crippen molar-refractivity contribution in [2.45, 2.75) is 19.9 Å². The molecule has 0 radical (unpaired) electrons. The fourth-order valence-corrected chi connectivity index (χ4v) is 2.85. The molecule has 0 fully saturated rings. The van der Waals surface area contributed by atoms with Crippen LogP contribution in [0.5, 0.6) is 0 Å². The molecule has 29 heavy (non-hydrogen) atoms. The van der Waals surface area contributed by atoms with Crippen LogP contribution in [0, 0.1) is 10.1 Å². The van der Waals surface area contributed by atoms with Gasteiger partial charge in [0.1, 0.15) is 0 Å². The van der Waals surface area contributed by atoms with Crippen LogP contribution in [0.25, 0.3) is 17.2 Å². The number of benzene rings is 2. The van der Waals surface area contributed by atoms with Crippen molar-refractivity contribution in [3.8, 4) is 11.1 Å². The van der Waals surface area contributed by atoms with Crippen LogP contribution in [0.1, 0.15) is 18.9 Å². The molecule has 7 heteroatoms. The lowest BCUT2D eigenvalue weighted by atomic mass is 10.1. The van der Waals surface area contributed by atoms with Crippen LogP contribution < -0.4 is 0 Å². The minimum Gasteiger partial charge on any atom is -0.463 e. The van der Waals surface area contributed by atoms with Crippen LogP contribution in [-0.2, 0) is 16.1 Å². The summed E-state index contributed by atoms with van der Waals surface area (Å²) in [5, 5.41) is 15.2. The first-order chi connectivity index (χ1) is 14.1. The maximum absolute atomic E-state index is 12.3. The van der Waals surface area contributed by atoms with Crippen LogP contribution in [0.2, 0.25) is 0 Å². The highest BCUT2D eigenvalue weighted by Crippen LogP contribution is 2.20. The van der Waals surface area contributed by atoms with Crippen molar-refractivity contribution < 1.29 is 14.5 Å². The second kappa shape index (κ2) is 9.45. The van der Waals surface area contributed by atoms with Crippen LogP contribution in [0.15, 0.2) is 72.6 Å². The molecule has 0 N–H and O–H groups in total. The normalized spacial score (nSPS) is 11.3. The number of non-ortho nitro benzene ring substituents is 1. The Balaban J connectivity index is 1.75. The van der Waals surface area contributed by atoms with Crippen molar-refractivity contribution in [3.63, 3.8) is 0 Å². The third-order valence-electron chi connectivity index (χ3n) is 4.33. The van der Waals surface area contributed by atoms with Gasteiger partial charge in [-0.05, 0) is 42.7 Å². The molecule has 0 aliphatic heterocycles. The summed E-state index contributed by atoms with van der Waals surface area (Å²) in [5.74, 6) is -0.402. The second-order valence-electron chi connectivity index (χ2n) is 6.35. The van der Waals surface area contributed by atoms with Crippen LogP contribution in [0.4, 0.5) is 5.69 Å². The van der Waals surface area contributed by atoms with Crippen molar-refractivity contribution in [1.82, 2.24) is 9.78 Å². The average Bonchev–Trinajstić information content (AvgIpc) is 3.21. The standard InChI is InChI=1S/C22H21N3O4/c1-2-29-22(26)19(14-17-8-10-21(11-9-17)25(27)28)12-13-24-16-20(15-23-24)18-6-4-3-5-7-18/h3-11,14-16H,2,12-13H2,1H3/b19-14+. The number of aryl methyl sites for hydroxylation is 1. The van der Waals surface area contributed by atoms with Crippen molar-refractivity contribution >= 4 is 17.7 Å². The van der Waals surface area contributed by atoms with E-state index in [0.717, 1.165) is 11.1 Å². The minimum atomic E-state index is -0.457. The molecule has 0 aliphatic carbocycles. The van der Waals surface area contributed by atoms with Gasteiger partial charge in [-0.25, -0.2) is 4.79 Å². The fourth-order valence-electron chi connectivity index (χ4n) is 2.85. The molecule has 7 nitrogen and oxygen atoms in total. The lowest BCUT2D eigenvalue weighted by Gasteiger charge is -2.08. The van der Waals surface area contributed by atoms with Gasteiger partial charge in [-0.2, -0.15) is 5.10 Å². The number of hydrogen-bond donors (Lipinski definition) is 0. The van der Waals surface area contributed by atoms with Crippen molar-refractivity contribution in [3.05, 3.63) is 88.2 Å². The number of carbonyl (C=O) groups is 1. The predicted octanol–water partition coefficient (Wildman–Crippen LogP) is 4.50. The number of aromatic nitrogens is 2. The van der Waals surface area contributed by atoms with E-state index in [1.165, 1.54) is 12.1 Å².